The summed E-state index contributed by atoms with van der Waals surface area (Å²) in [5, 5.41) is 2.74. The summed E-state index contributed by atoms with van der Waals surface area (Å²) in [6, 6.07) is 5.55. The maximum absolute atomic E-state index is 11.0. The van der Waals surface area contributed by atoms with E-state index in [4.69, 9.17) is 10.5 Å². The number of rotatable bonds is 4. The summed E-state index contributed by atoms with van der Waals surface area (Å²) in [5.74, 6) is 0.909. The first kappa shape index (κ1) is 12.5. The largest absolute Gasteiger partial charge is 0.496 e. The molecular formula is C12H18N2O2. The Morgan fingerprint density at radius 2 is 2.25 bits per heavy atom. The second-order valence-electron chi connectivity index (χ2n) is 3.77. The Morgan fingerprint density at radius 3 is 2.75 bits per heavy atom. The molecule has 4 nitrogen and oxygen atoms in total. The molecule has 1 rings (SSSR count). The maximum atomic E-state index is 11.0. The predicted molar refractivity (Wildman–Crippen MR) is 64.8 cm³/mol. The number of carbonyl (C=O) groups is 1. The number of nitrogens with two attached hydrogens (primary N) is 1. The van der Waals surface area contributed by atoms with Crippen LogP contribution in [0.3, 0.4) is 0 Å². The van der Waals surface area contributed by atoms with Crippen LogP contribution < -0.4 is 15.8 Å². The van der Waals surface area contributed by atoms with Gasteiger partial charge in [0.1, 0.15) is 5.75 Å². The minimum Gasteiger partial charge on any atom is -0.496 e. The molecule has 1 aromatic carbocycles. The smallest absolute Gasteiger partial charge is 0.221 e. The third-order valence-electron chi connectivity index (χ3n) is 2.43. The lowest BCUT2D eigenvalue weighted by Gasteiger charge is -2.15. The van der Waals surface area contributed by atoms with Gasteiger partial charge in [0, 0.05) is 18.2 Å². The van der Waals surface area contributed by atoms with Gasteiger partial charge >= 0.3 is 0 Å². The van der Waals surface area contributed by atoms with Gasteiger partial charge in [-0.25, -0.2) is 0 Å². The molecule has 0 aromatic heterocycles. The molecule has 0 aliphatic heterocycles. The third-order valence-corrected chi connectivity index (χ3v) is 2.43. The van der Waals surface area contributed by atoms with Crippen molar-refractivity contribution >= 4 is 11.6 Å². The van der Waals surface area contributed by atoms with E-state index < -0.39 is 0 Å². The van der Waals surface area contributed by atoms with E-state index in [9.17, 15) is 4.79 Å². The first-order valence-electron chi connectivity index (χ1n) is 5.24. The number of amides is 1. The third kappa shape index (κ3) is 2.97. The van der Waals surface area contributed by atoms with Crippen molar-refractivity contribution in [2.24, 2.45) is 5.73 Å². The number of anilines is 1. The van der Waals surface area contributed by atoms with E-state index in [-0.39, 0.29) is 11.8 Å². The molecule has 1 amide bonds. The summed E-state index contributed by atoms with van der Waals surface area (Å²) in [6.07, 6.45) is 0. The van der Waals surface area contributed by atoms with Crippen molar-refractivity contribution < 1.29 is 9.53 Å². The number of nitrogens with one attached hydrogen (secondary N) is 1. The monoisotopic (exact) mass is 222 g/mol. The normalized spacial score (nSPS) is 12.0. The molecule has 0 saturated carbocycles. The molecule has 0 spiro atoms. The van der Waals surface area contributed by atoms with E-state index in [1.54, 1.807) is 7.11 Å². The molecule has 88 valence electrons. The fraction of sp³-hybridized carbons (Fsp3) is 0.417. The molecule has 0 aliphatic rings. The van der Waals surface area contributed by atoms with E-state index in [0.29, 0.717) is 6.54 Å². The average molecular weight is 222 g/mol. The Labute approximate surface area is 95.8 Å². The molecule has 4 heteroatoms. The lowest BCUT2D eigenvalue weighted by atomic mass is 9.99. The van der Waals surface area contributed by atoms with Gasteiger partial charge < -0.3 is 15.8 Å². The number of benzene rings is 1. The van der Waals surface area contributed by atoms with Gasteiger partial charge in [0.15, 0.2) is 0 Å². The zero-order valence-corrected chi connectivity index (χ0v) is 9.91. The Bertz CT molecular complexity index is 377. The van der Waals surface area contributed by atoms with Crippen molar-refractivity contribution in [3.8, 4) is 5.75 Å². The number of hydrogen-bond acceptors (Lipinski definition) is 3. The number of carbonyl (C=O) groups excluding carboxylic acids is 1. The van der Waals surface area contributed by atoms with Crippen molar-refractivity contribution in [3.63, 3.8) is 0 Å². The summed E-state index contributed by atoms with van der Waals surface area (Å²) >= 11 is 0. The molecule has 0 radical (unpaired) electrons. The molecule has 1 aromatic rings. The van der Waals surface area contributed by atoms with Crippen molar-refractivity contribution in [1.82, 2.24) is 0 Å². The molecule has 1 unspecified atom stereocenters. The Hall–Kier alpha value is -1.55. The second kappa shape index (κ2) is 5.51. The van der Waals surface area contributed by atoms with Crippen LogP contribution in [0.2, 0.25) is 0 Å². The highest BCUT2D eigenvalue weighted by Gasteiger charge is 2.11. The minimum atomic E-state index is -0.0866. The van der Waals surface area contributed by atoms with Gasteiger partial charge in [-0.1, -0.05) is 6.92 Å². The van der Waals surface area contributed by atoms with Crippen molar-refractivity contribution in [3.05, 3.63) is 23.8 Å². The minimum absolute atomic E-state index is 0.0866. The van der Waals surface area contributed by atoms with E-state index >= 15 is 0 Å². The summed E-state index contributed by atoms with van der Waals surface area (Å²) in [7, 11) is 1.63. The van der Waals surface area contributed by atoms with Gasteiger partial charge in [0.2, 0.25) is 5.91 Å². The van der Waals surface area contributed by atoms with Gasteiger partial charge in [0.25, 0.3) is 0 Å². The van der Waals surface area contributed by atoms with Crippen LogP contribution in [0, 0.1) is 0 Å². The van der Waals surface area contributed by atoms with Gasteiger partial charge in [-0.3, -0.25) is 4.79 Å². The van der Waals surface area contributed by atoms with Crippen LogP contribution in [0.25, 0.3) is 0 Å². The van der Waals surface area contributed by atoms with Crippen LogP contribution in [0.1, 0.15) is 25.3 Å². The van der Waals surface area contributed by atoms with Gasteiger partial charge in [-0.2, -0.15) is 0 Å². The quantitative estimate of drug-likeness (QED) is 0.815. The Balaban J connectivity index is 3.05. The van der Waals surface area contributed by atoms with Crippen LogP contribution in [-0.4, -0.2) is 19.6 Å². The van der Waals surface area contributed by atoms with Gasteiger partial charge in [-0.05, 0) is 30.7 Å². The molecule has 1 atom stereocenters. The average Bonchev–Trinajstić information content (AvgIpc) is 2.27. The fourth-order valence-corrected chi connectivity index (χ4v) is 1.53. The summed E-state index contributed by atoms with van der Waals surface area (Å²) in [5.41, 5.74) is 7.41. The molecule has 0 saturated heterocycles. The second-order valence-corrected chi connectivity index (χ2v) is 3.77. The fourth-order valence-electron chi connectivity index (χ4n) is 1.53. The van der Waals surface area contributed by atoms with Crippen LogP contribution in [0.15, 0.2) is 18.2 Å². The van der Waals surface area contributed by atoms with E-state index in [1.807, 2.05) is 25.1 Å². The van der Waals surface area contributed by atoms with Crippen LogP contribution in [0.4, 0.5) is 5.69 Å². The first-order chi connectivity index (χ1) is 7.58. The van der Waals surface area contributed by atoms with Crippen LogP contribution in [0.5, 0.6) is 5.75 Å². The maximum Gasteiger partial charge on any atom is 0.221 e. The molecule has 0 bridgehead atoms. The zero-order chi connectivity index (χ0) is 12.1. The van der Waals surface area contributed by atoms with Crippen LogP contribution in [-0.2, 0) is 4.79 Å². The highest BCUT2D eigenvalue weighted by atomic mass is 16.5. The molecule has 0 fully saturated rings. The van der Waals surface area contributed by atoms with Crippen molar-refractivity contribution in [1.29, 1.82) is 0 Å². The van der Waals surface area contributed by atoms with Gasteiger partial charge in [-0.15, -0.1) is 0 Å². The Kier molecular flexibility index (Phi) is 4.31. The first-order valence-corrected chi connectivity index (χ1v) is 5.24. The highest BCUT2D eigenvalue weighted by Crippen LogP contribution is 2.28. The van der Waals surface area contributed by atoms with Gasteiger partial charge in [0.05, 0.1) is 7.11 Å². The number of ether oxygens (including phenoxy) is 1. The molecule has 3 N–H and O–H groups in total. The van der Waals surface area contributed by atoms with E-state index in [2.05, 4.69) is 5.32 Å². The Morgan fingerprint density at radius 1 is 1.56 bits per heavy atom. The highest BCUT2D eigenvalue weighted by molar-refractivity contribution is 5.88. The van der Waals surface area contributed by atoms with Crippen molar-refractivity contribution in [2.45, 2.75) is 19.8 Å². The molecule has 0 heterocycles. The SMILES string of the molecule is COc1ccc(NC(C)=O)cc1C(C)CN. The van der Waals surface area contributed by atoms with Crippen molar-refractivity contribution in [2.75, 3.05) is 19.0 Å². The van der Waals surface area contributed by atoms with E-state index in [1.165, 1.54) is 6.92 Å². The number of methoxy groups -OCH3 is 1. The standard InChI is InChI=1S/C12H18N2O2/c1-8(7-13)11-6-10(14-9(2)15)4-5-12(11)16-3/h4-6,8H,7,13H2,1-3H3,(H,14,15). The molecule has 16 heavy (non-hydrogen) atoms. The van der Waals surface area contributed by atoms with Crippen LogP contribution >= 0.6 is 0 Å². The topological polar surface area (TPSA) is 64.3 Å². The lowest BCUT2D eigenvalue weighted by Crippen LogP contribution is -2.11. The summed E-state index contributed by atoms with van der Waals surface area (Å²) in [6.45, 7) is 4.05. The van der Waals surface area contributed by atoms with E-state index in [0.717, 1.165) is 17.0 Å². The zero-order valence-electron chi connectivity index (χ0n) is 9.91. The predicted octanol–water partition coefficient (Wildman–Crippen LogP) is 1.72. The number of hydrogen-bond donors (Lipinski definition) is 2. The molecular weight excluding hydrogens is 204 g/mol. The summed E-state index contributed by atoms with van der Waals surface area (Å²) in [4.78, 5) is 11.0. The summed E-state index contributed by atoms with van der Waals surface area (Å²) < 4.78 is 5.26. The lowest BCUT2D eigenvalue weighted by molar-refractivity contribution is -0.114. The molecule has 0 aliphatic carbocycles.